The molecule has 0 aromatic heterocycles. The van der Waals surface area contributed by atoms with Crippen LogP contribution in [0.2, 0.25) is 0 Å². The van der Waals surface area contributed by atoms with Gasteiger partial charge in [-0.05, 0) is 35.8 Å². The van der Waals surface area contributed by atoms with Crippen LogP contribution < -0.4 is 0 Å². The van der Waals surface area contributed by atoms with E-state index in [4.69, 9.17) is 0 Å². The fourth-order valence-electron chi connectivity index (χ4n) is 2.95. The molecule has 1 aliphatic heterocycles. The maximum Gasteiger partial charge on any atom is 0.259 e. The average Bonchev–Trinajstić information content (AvgIpc) is 2.61. The van der Waals surface area contributed by atoms with Crippen molar-refractivity contribution in [3.63, 3.8) is 0 Å². The number of carbonyl (C=O) groups is 1. The number of rotatable bonds is 2. The molecule has 0 spiro atoms. The van der Waals surface area contributed by atoms with Crippen LogP contribution in [0.5, 0.6) is 0 Å². The van der Waals surface area contributed by atoms with E-state index in [1.807, 2.05) is 55.5 Å². The average molecular weight is 288 g/mol. The highest BCUT2D eigenvalue weighted by Gasteiger charge is 2.42. The first kappa shape index (κ1) is 14.1. The molecule has 2 aromatic carbocycles. The number of nitrogens with zero attached hydrogens (tertiary/aromatic N) is 2. The molecule has 108 valence electrons. The Bertz CT molecular complexity index is 774. The van der Waals surface area contributed by atoms with Gasteiger partial charge >= 0.3 is 0 Å². The van der Waals surface area contributed by atoms with Crippen molar-refractivity contribution in [2.45, 2.75) is 18.9 Å². The van der Waals surface area contributed by atoms with Crippen molar-refractivity contribution in [1.82, 2.24) is 4.90 Å². The summed E-state index contributed by atoms with van der Waals surface area (Å²) >= 11 is 0. The standard InChI is InChI=1S/C19H16N2O/c1-2-19(14-20)17-11-7-6-8-15(17)12-13-21(19)18(22)16-9-4-3-5-10-16/h3-13H,2H2,1H3/t19-/m1/s1. The molecule has 1 amide bonds. The molecule has 0 saturated carbocycles. The summed E-state index contributed by atoms with van der Waals surface area (Å²) in [6, 6.07) is 19.2. The van der Waals surface area contributed by atoms with E-state index in [9.17, 15) is 10.1 Å². The second kappa shape index (κ2) is 5.50. The van der Waals surface area contributed by atoms with Gasteiger partial charge in [-0.3, -0.25) is 9.69 Å². The summed E-state index contributed by atoms with van der Waals surface area (Å²) in [7, 11) is 0. The van der Waals surface area contributed by atoms with Gasteiger partial charge in [-0.2, -0.15) is 5.26 Å². The van der Waals surface area contributed by atoms with E-state index < -0.39 is 5.54 Å². The van der Waals surface area contributed by atoms with Gasteiger partial charge in [0.15, 0.2) is 5.54 Å². The summed E-state index contributed by atoms with van der Waals surface area (Å²) in [4.78, 5) is 14.4. The smallest absolute Gasteiger partial charge is 0.259 e. The van der Waals surface area contributed by atoms with Crippen molar-refractivity contribution in [2.75, 3.05) is 0 Å². The molecule has 0 aliphatic carbocycles. The molecule has 1 heterocycles. The number of carbonyl (C=O) groups excluding carboxylic acids is 1. The topological polar surface area (TPSA) is 44.1 Å². The van der Waals surface area contributed by atoms with Gasteiger partial charge in [0.25, 0.3) is 5.91 Å². The number of hydrogen-bond donors (Lipinski definition) is 0. The summed E-state index contributed by atoms with van der Waals surface area (Å²) in [5.41, 5.74) is 1.49. The number of nitriles is 1. The lowest BCUT2D eigenvalue weighted by Crippen LogP contribution is -2.47. The maximum absolute atomic E-state index is 12.9. The van der Waals surface area contributed by atoms with E-state index >= 15 is 0 Å². The third-order valence-corrected chi connectivity index (χ3v) is 4.16. The molecule has 1 atom stereocenters. The van der Waals surface area contributed by atoms with Crippen LogP contribution >= 0.6 is 0 Å². The van der Waals surface area contributed by atoms with Gasteiger partial charge in [-0.1, -0.05) is 49.4 Å². The molecule has 3 nitrogen and oxygen atoms in total. The van der Waals surface area contributed by atoms with Crippen LogP contribution in [0.25, 0.3) is 6.08 Å². The molecule has 3 rings (SSSR count). The maximum atomic E-state index is 12.9. The lowest BCUT2D eigenvalue weighted by atomic mass is 9.81. The minimum Gasteiger partial charge on any atom is -0.292 e. The predicted octanol–water partition coefficient (Wildman–Crippen LogP) is 3.94. The zero-order valence-corrected chi connectivity index (χ0v) is 12.4. The lowest BCUT2D eigenvalue weighted by molar-refractivity contribution is 0.0692. The molecule has 0 fully saturated rings. The number of fused-ring (bicyclic) bond motifs is 1. The predicted molar refractivity (Wildman–Crippen MR) is 85.7 cm³/mol. The van der Waals surface area contributed by atoms with Crippen LogP contribution in [0.4, 0.5) is 0 Å². The Morgan fingerprint density at radius 1 is 1.14 bits per heavy atom. The summed E-state index contributed by atoms with van der Waals surface area (Å²) < 4.78 is 0. The van der Waals surface area contributed by atoms with E-state index in [1.165, 1.54) is 0 Å². The third-order valence-electron chi connectivity index (χ3n) is 4.16. The van der Waals surface area contributed by atoms with Crippen LogP contribution in [0.15, 0.2) is 60.8 Å². The molecular formula is C19H16N2O. The third kappa shape index (κ3) is 2.01. The highest BCUT2D eigenvalue weighted by molar-refractivity contribution is 5.96. The van der Waals surface area contributed by atoms with Crippen molar-refractivity contribution in [3.05, 3.63) is 77.5 Å². The van der Waals surface area contributed by atoms with Crippen molar-refractivity contribution >= 4 is 12.0 Å². The SMILES string of the molecule is CC[C@@]1(C#N)c2ccccc2C=CN1C(=O)c1ccccc1. The van der Waals surface area contributed by atoms with Gasteiger partial charge < -0.3 is 0 Å². The van der Waals surface area contributed by atoms with Gasteiger partial charge in [0, 0.05) is 11.8 Å². The van der Waals surface area contributed by atoms with Gasteiger partial charge in [-0.25, -0.2) is 0 Å². The van der Waals surface area contributed by atoms with Gasteiger partial charge in [0.2, 0.25) is 0 Å². The van der Waals surface area contributed by atoms with Crippen LogP contribution in [-0.4, -0.2) is 10.8 Å². The van der Waals surface area contributed by atoms with Crippen molar-refractivity contribution in [1.29, 1.82) is 5.26 Å². The van der Waals surface area contributed by atoms with Crippen molar-refractivity contribution < 1.29 is 4.79 Å². The van der Waals surface area contributed by atoms with E-state index in [-0.39, 0.29) is 5.91 Å². The van der Waals surface area contributed by atoms with Gasteiger partial charge in [0.1, 0.15) is 0 Å². The Balaban J connectivity index is 2.13. The first-order valence-electron chi connectivity index (χ1n) is 7.30. The first-order valence-corrected chi connectivity index (χ1v) is 7.30. The molecule has 2 aromatic rings. The van der Waals surface area contributed by atoms with Gasteiger partial charge in [0.05, 0.1) is 6.07 Å². The molecule has 3 heteroatoms. The minimum atomic E-state index is -0.960. The Morgan fingerprint density at radius 2 is 1.82 bits per heavy atom. The number of amides is 1. The van der Waals surface area contributed by atoms with Crippen LogP contribution in [0.1, 0.15) is 34.8 Å². The zero-order valence-electron chi connectivity index (χ0n) is 12.4. The summed E-state index contributed by atoms with van der Waals surface area (Å²) in [5, 5.41) is 9.88. The summed E-state index contributed by atoms with van der Waals surface area (Å²) in [5.74, 6) is -0.158. The zero-order chi connectivity index (χ0) is 15.6. The van der Waals surface area contributed by atoms with Crippen molar-refractivity contribution in [2.24, 2.45) is 0 Å². The molecule has 1 aliphatic rings. The molecule has 0 radical (unpaired) electrons. The second-order valence-corrected chi connectivity index (χ2v) is 5.27. The fourth-order valence-corrected chi connectivity index (χ4v) is 2.95. The fraction of sp³-hybridized carbons (Fsp3) is 0.158. The van der Waals surface area contributed by atoms with E-state index in [2.05, 4.69) is 6.07 Å². The minimum absolute atomic E-state index is 0.158. The lowest BCUT2D eigenvalue weighted by Gasteiger charge is -2.39. The first-order chi connectivity index (χ1) is 10.7. The molecule has 0 saturated heterocycles. The Hall–Kier alpha value is -2.86. The number of hydrogen-bond acceptors (Lipinski definition) is 2. The normalized spacial score (nSPS) is 19.4. The van der Waals surface area contributed by atoms with Gasteiger partial charge in [-0.15, -0.1) is 0 Å². The van der Waals surface area contributed by atoms with Crippen LogP contribution in [0.3, 0.4) is 0 Å². The van der Waals surface area contributed by atoms with Crippen LogP contribution in [-0.2, 0) is 5.54 Å². The monoisotopic (exact) mass is 288 g/mol. The van der Waals surface area contributed by atoms with Crippen LogP contribution in [0, 0.1) is 11.3 Å². The molecular weight excluding hydrogens is 272 g/mol. The van der Waals surface area contributed by atoms with E-state index in [0.717, 1.165) is 11.1 Å². The van der Waals surface area contributed by atoms with E-state index in [0.29, 0.717) is 12.0 Å². The summed E-state index contributed by atoms with van der Waals surface area (Å²) in [6.45, 7) is 1.93. The van der Waals surface area contributed by atoms with Crippen molar-refractivity contribution in [3.8, 4) is 6.07 Å². The molecule has 0 unspecified atom stereocenters. The number of benzene rings is 2. The van der Waals surface area contributed by atoms with E-state index in [1.54, 1.807) is 23.2 Å². The molecule has 0 N–H and O–H groups in total. The Morgan fingerprint density at radius 3 is 2.50 bits per heavy atom. The highest BCUT2D eigenvalue weighted by Crippen LogP contribution is 2.39. The molecule has 22 heavy (non-hydrogen) atoms. The Kier molecular flexibility index (Phi) is 3.52. The summed E-state index contributed by atoms with van der Waals surface area (Å²) in [6.07, 6.45) is 4.15. The quantitative estimate of drug-likeness (QED) is 0.840. The second-order valence-electron chi connectivity index (χ2n) is 5.27. The molecule has 0 bridgehead atoms. The highest BCUT2D eigenvalue weighted by atomic mass is 16.2. The largest absolute Gasteiger partial charge is 0.292 e. The Labute approximate surface area is 130 Å².